The van der Waals surface area contributed by atoms with Gasteiger partial charge in [-0.05, 0) is 39.1 Å². The van der Waals surface area contributed by atoms with Gasteiger partial charge in [0.05, 0.1) is 36.6 Å². The van der Waals surface area contributed by atoms with E-state index in [-0.39, 0.29) is 17.5 Å². The van der Waals surface area contributed by atoms with Crippen molar-refractivity contribution in [3.8, 4) is 17.0 Å². The fraction of sp³-hybridized carbons (Fsp3) is 0.310. The van der Waals surface area contributed by atoms with Crippen LogP contribution >= 0.6 is 0 Å². The number of carbonyl (C=O) groups is 3. The third kappa shape index (κ3) is 9.09. The molecule has 3 aromatic rings. The Morgan fingerprint density at radius 1 is 1.11 bits per heavy atom. The van der Waals surface area contributed by atoms with Gasteiger partial charge < -0.3 is 35.4 Å². The number of aliphatic carboxylic acids is 2. The zero-order valence-electron chi connectivity index (χ0n) is 24.8. The van der Waals surface area contributed by atoms with E-state index < -0.39 is 17.8 Å². The molecule has 0 saturated carbocycles. The number of nitrogens with zero attached hydrogens (tertiary/aromatic N) is 6. The zero-order chi connectivity index (χ0) is 32.4. The van der Waals surface area contributed by atoms with Crippen LogP contribution in [0.4, 0.5) is 27.4 Å². The second kappa shape index (κ2) is 15.2. The molecule has 0 unspecified atom stereocenters. The van der Waals surface area contributed by atoms with Crippen LogP contribution in [0.5, 0.6) is 5.75 Å². The number of rotatable bonds is 10. The van der Waals surface area contributed by atoms with Gasteiger partial charge >= 0.3 is 11.9 Å². The van der Waals surface area contributed by atoms with Crippen molar-refractivity contribution in [2.45, 2.75) is 18.9 Å². The number of benzene rings is 1. The third-order valence-electron chi connectivity index (χ3n) is 6.63. The lowest BCUT2D eigenvalue weighted by Crippen LogP contribution is -2.42. The molecule has 0 atom stereocenters. The minimum absolute atomic E-state index is 0.125. The Hall–Kier alpha value is -5.31. The van der Waals surface area contributed by atoms with Crippen molar-refractivity contribution in [2.75, 3.05) is 49.8 Å². The van der Waals surface area contributed by atoms with E-state index in [9.17, 15) is 18.8 Å². The van der Waals surface area contributed by atoms with Crippen LogP contribution < -0.4 is 20.3 Å². The van der Waals surface area contributed by atoms with Gasteiger partial charge in [0.1, 0.15) is 11.4 Å². The molecule has 15 heteroatoms. The van der Waals surface area contributed by atoms with E-state index in [4.69, 9.17) is 14.9 Å². The first kappa shape index (κ1) is 33.2. The molecule has 234 valence electrons. The SMILES string of the molecule is C=CC(=O)Nc1cc(Nc2ncc(F)c(-c3cnn(C)c3)n2)c(OC)cc1N1CCC(N(C)C)CC1.O=C(O)/C=C\C(=O)O. The Labute approximate surface area is 253 Å². The number of aryl methyl sites for hydroxylation is 1. The van der Waals surface area contributed by atoms with Gasteiger partial charge in [0, 0.05) is 56.2 Å². The predicted octanol–water partition coefficient (Wildman–Crippen LogP) is 3.14. The second-order valence-corrected chi connectivity index (χ2v) is 9.87. The maximum absolute atomic E-state index is 14.5. The summed E-state index contributed by atoms with van der Waals surface area (Å²) in [5.41, 5.74) is 2.62. The topological polar surface area (TPSA) is 175 Å². The van der Waals surface area contributed by atoms with Gasteiger partial charge in [0.15, 0.2) is 5.82 Å². The molecule has 14 nitrogen and oxygen atoms in total. The first-order chi connectivity index (χ1) is 20.9. The summed E-state index contributed by atoms with van der Waals surface area (Å²) in [6.45, 7) is 5.24. The molecule has 2 aromatic heterocycles. The van der Waals surface area contributed by atoms with Gasteiger partial charge in [-0.3, -0.25) is 9.48 Å². The van der Waals surface area contributed by atoms with E-state index in [0.717, 1.165) is 37.8 Å². The summed E-state index contributed by atoms with van der Waals surface area (Å²) >= 11 is 0. The fourth-order valence-corrected chi connectivity index (χ4v) is 4.44. The zero-order valence-corrected chi connectivity index (χ0v) is 24.8. The summed E-state index contributed by atoms with van der Waals surface area (Å²) < 4.78 is 21.7. The maximum atomic E-state index is 14.5. The molecule has 1 amide bonds. The van der Waals surface area contributed by atoms with Crippen molar-refractivity contribution in [3.05, 3.63) is 61.3 Å². The average molecular weight is 611 g/mol. The standard InChI is InChI=1S/C25H31FN8O2.C4H4O4/c1-6-23(35)29-19-11-20(22(36-5)12-21(19)34-9-7-17(8-10-34)32(2)3)30-25-27-14-18(26)24(31-25)16-13-28-33(4)15-16;5-3(6)1-2-4(7)8/h6,11-15,17H,1,7-10H2,2-5H3,(H,29,35)(H,27,30,31);1-2H,(H,5,6)(H,7,8)/b;2-1-. The highest BCUT2D eigenvalue weighted by atomic mass is 19.1. The molecular weight excluding hydrogens is 575 g/mol. The molecule has 1 aliphatic rings. The van der Waals surface area contributed by atoms with Crippen LogP contribution in [0.25, 0.3) is 11.3 Å². The van der Waals surface area contributed by atoms with Crippen molar-refractivity contribution in [1.29, 1.82) is 0 Å². The van der Waals surface area contributed by atoms with E-state index in [1.54, 1.807) is 31.1 Å². The molecule has 1 fully saturated rings. The molecule has 0 aliphatic carbocycles. The van der Waals surface area contributed by atoms with Gasteiger partial charge in [0.25, 0.3) is 0 Å². The maximum Gasteiger partial charge on any atom is 0.328 e. The molecule has 0 radical (unpaired) electrons. The Balaban J connectivity index is 0.000000583. The van der Waals surface area contributed by atoms with Gasteiger partial charge in [-0.15, -0.1) is 0 Å². The monoisotopic (exact) mass is 610 g/mol. The summed E-state index contributed by atoms with van der Waals surface area (Å²) in [5.74, 6) is -2.69. The quantitative estimate of drug-likeness (QED) is 0.247. The van der Waals surface area contributed by atoms with E-state index in [1.807, 2.05) is 6.07 Å². The second-order valence-electron chi connectivity index (χ2n) is 9.87. The molecule has 1 aromatic carbocycles. The lowest BCUT2D eigenvalue weighted by Gasteiger charge is -2.37. The van der Waals surface area contributed by atoms with Crippen molar-refractivity contribution in [2.24, 2.45) is 7.05 Å². The number of carbonyl (C=O) groups excluding carboxylic acids is 1. The van der Waals surface area contributed by atoms with Crippen molar-refractivity contribution >= 4 is 40.9 Å². The summed E-state index contributed by atoms with van der Waals surface area (Å²) in [6, 6.07) is 4.16. The summed E-state index contributed by atoms with van der Waals surface area (Å²) in [5, 5.41) is 25.7. The summed E-state index contributed by atoms with van der Waals surface area (Å²) in [4.78, 5) is 44.3. The first-order valence-corrected chi connectivity index (χ1v) is 13.4. The van der Waals surface area contributed by atoms with Crippen LogP contribution in [-0.4, -0.2) is 93.0 Å². The third-order valence-corrected chi connectivity index (χ3v) is 6.63. The molecule has 1 saturated heterocycles. The van der Waals surface area contributed by atoms with Gasteiger partial charge in [-0.2, -0.15) is 5.10 Å². The van der Waals surface area contributed by atoms with Crippen LogP contribution in [0.15, 0.2) is 55.5 Å². The number of aromatic nitrogens is 4. The molecule has 0 spiro atoms. The highest BCUT2D eigenvalue weighted by molar-refractivity contribution is 6.02. The first-order valence-electron chi connectivity index (χ1n) is 13.4. The number of hydrogen-bond acceptors (Lipinski definition) is 10. The highest BCUT2D eigenvalue weighted by Gasteiger charge is 2.24. The number of halogens is 1. The fourth-order valence-electron chi connectivity index (χ4n) is 4.44. The average Bonchev–Trinajstić information content (AvgIpc) is 3.43. The van der Waals surface area contributed by atoms with Crippen LogP contribution in [0.3, 0.4) is 0 Å². The van der Waals surface area contributed by atoms with Crippen LogP contribution in [0, 0.1) is 5.82 Å². The molecule has 4 N–H and O–H groups in total. The Morgan fingerprint density at radius 2 is 1.77 bits per heavy atom. The minimum atomic E-state index is -1.26. The largest absolute Gasteiger partial charge is 0.494 e. The number of carboxylic acid groups (broad SMARTS) is 2. The van der Waals surface area contributed by atoms with Gasteiger partial charge in [-0.25, -0.2) is 23.9 Å². The Kier molecular flexibility index (Phi) is 11.5. The van der Waals surface area contributed by atoms with Crippen molar-refractivity contribution < 1.29 is 33.7 Å². The number of anilines is 4. The number of methoxy groups -OCH3 is 1. The number of piperidine rings is 1. The van der Waals surface area contributed by atoms with Crippen molar-refractivity contribution in [1.82, 2.24) is 24.6 Å². The number of carboxylic acids is 2. The number of hydrogen-bond donors (Lipinski definition) is 4. The molecule has 44 heavy (non-hydrogen) atoms. The molecule has 1 aliphatic heterocycles. The van der Waals surface area contributed by atoms with Gasteiger partial charge in [0.2, 0.25) is 11.9 Å². The van der Waals surface area contributed by atoms with Crippen LogP contribution in [-0.2, 0) is 21.4 Å². The normalized spacial score (nSPS) is 13.3. The number of nitrogens with one attached hydrogen (secondary N) is 2. The van der Waals surface area contributed by atoms with E-state index in [0.29, 0.717) is 40.9 Å². The van der Waals surface area contributed by atoms with Crippen LogP contribution in [0.2, 0.25) is 0 Å². The van der Waals surface area contributed by atoms with E-state index in [1.165, 1.54) is 12.3 Å². The number of amides is 1. The van der Waals surface area contributed by atoms with Gasteiger partial charge in [-0.1, -0.05) is 6.58 Å². The minimum Gasteiger partial charge on any atom is -0.494 e. The molecule has 4 rings (SSSR count). The molecule has 3 heterocycles. The van der Waals surface area contributed by atoms with Crippen molar-refractivity contribution in [3.63, 3.8) is 0 Å². The van der Waals surface area contributed by atoms with E-state index >= 15 is 0 Å². The Morgan fingerprint density at radius 3 is 2.30 bits per heavy atom. The smallest absolute Gasteiger partial charge is 0.328 e. The Bertz CT molecular complexity index is 1520. The molecular formula is C29H35FN8O6. The summed E-state index contributed by atoms with van der Waals surface area (Å²) in [6.07, 6.45) is 8.66. The predicted molar refractivity (Wildman–Crippen MR) is 163 cm³/mol. The summed E-state index contributed by atoms with van der Waals surface area (Å²) in [7, 11) is 7.50. The number of ether oxygens (including phenoxy) is 1. The lowest BCUT2D eigenvalue weighted by atomic mass is 10.0. The van der Waals surface area contributed by atoms with E-state index in [2.05, 4.69) is 56.2 Å². The highest BCUT2D eigenvalue weighted by Crippen LogP contribution is 2.39. The lowest BCUT2D eigenvalue weighted by molar-refractivity contribution is -0.134. The molecule has 0 bridgehead atoms. The van der Waals surface area contributed by atoms with Crippen LogP contribution in [0.1, 0.15) is 12.8 Å².